The summed E-state index contributed by atoms with van der Waals surface area (Å²) < 4.78 is 76.7. The Morgan fingerprint density at radius 1 is 0.643 bits per heavy atom. The van der Waals surface area contributed by atoms with Crippen molar-refractivity contribution in [2.75, 3.05) is 0 Å². The van der Waals surface area contributed by atoms with Crippen molar-refractivity contribution in [2.45, 2.75) is 105 Å². The molecule has 0 aromatic heterocycles. The minimum atomic E-state index is -4.49. The van der Waals surface area contributed by atoms with Crippen LogP contribution in [0.5, 0.6) is 0 Å². The first-order chi connectivity index (χ1) is 24.7. The zero-order chi connectivity index (χ0) is 40.6. The summed E-state index contributed by atoms with van der Waals surface area (Å²) in [5.74, 6) is 0. The predicted octanol–water partition coefficient (Wildman–Crippen LogP) is 7.07. The van der Waals surface area contributed by atoms with E-state index in [-0.39, 0.29) is 46.8 Å². The molecule has 0 aliphatic heterocycles. The van der Waals surface area contributed by atoms with Crippen LogP contribution in [0.4, 0.5) is 26.3 Å². The maximum Gasteiger partial charge on any atom is -1.00 e. The Morgan fingerprint density at radius 2 is 1.14 bits per heavy atom. The molecule has 300 valence electrons. The third kappa shape index (κ3) is 12.7. The number of benzene rings is 4. The molecule has 5 aromatic rings. The zero-order valence-corrected chi connectivity index (χ0v) is 38.9. The minimum absolute atomic E-state index is 0. The summed E-state index contributed by atoms with van der Waals surface area (Å²) in [4.78, 5) is 0. The number of hydrogen-bond acceptors (Lipinski definition) is 0. The maximum atomic E-state index is 12.7. The van der Waals surface area contributed by atoms with Crippen molar-refractivity contribution in [3.63, 3.8) is 0 Å². The molecule has 0 fully saturated rings. The van der Waals surface area contributed by atoms with Crippen molar-refractivity contribution >= 4 is 16.5 Å². The van der Waals surface area contributed by atoms with E-state index < -0.39 is 31.6 Å². The number of fused-ring (bicyclic) bond motifs is 3. The molecule has 0 radical (unpaired) electrons. The summed E-state index contributed by atoms with van der Waals surface area (Å²) in [6.07, 6.45) is -7.95. The quantitative estimate of drug-likeness (QED) is 0.101. The van der Waals surface area contributed by atoms with Crippen LogP contribution in [0.25, 0.3) is 11.1 Å². The van der Waals surface area contributed by atoms with Crippen LogP contribution in [-0.2, 0) is 53.8 Å². The van der Waals surface area contributed by atoms with Crippen molar-refractivity contribution in [3.05, 3.63) is 153 Å². The van der Waals surface area contributed by atoms with Crippen LogP contribution in [0, 0.1) is 19.9 Å². The Morgan fingerprint density at radius 3 is 1.54 bits per heavy atom. The average molecular weight is 907 g/mol. The summed E-state index contributed by atoms with van der Waals surface area (Å²) in [6, 6.07) is 29.0. The standard InChI is InChI=1S/C21H25.C15H8F6.C10H17Si.2ClH.Zr/c1-20(2,3)16-7-9-18-14(12-16)11-15-13-17(21(4,5)6)8-10-19(15)18;16-14(17,18)12-5-1-3-10(8-12)7-11-4-2-6-13(9-11)15(19,20)21;1-8-6-9(2)10(7-8)11(3,4)5;;;/h7-10,12H,11H2,1-6H3;1-6,8-9H;6-7H,1-5H3;2*1H;/q-1;;-1;;;+2/p-2. The molecular formula is C46H50Cl2F6SiZr-2. The smallest absolute Gasteiger partial charge is 1.00 e. The third-order valence-corrected chi connectivity index (χ3v) is 13.0. The molecule has 56 heavy (non-hydrogen) atoms. The predicted molar refractivity (Wildman–Crippen MR) is 212 cm³/mol. The summed E-state index contributed by atoms with van der Waals surface area (Å²) in [7, 11) is -1.06. The van der Waals surface area contributed by atoms with Crippen molar-refractivity contribution in [1.29, 1.82) is 0 Å². The van der Waals surface area contributed by atoms with E-state index >= 15 is 0 Å². The van der Waals surface area contributed by atoms with Crippen LogP contribution >= 0.6 is 0 Å². The van der Waals surface area contributed by atoms with Crippen LogP contribution in [-0.4, -0.2) is 11.3 Å². The first kappa shape index (κ1) is 49.5. The van der Waals surface area contributed by atoms with Gasteiger partial charge in [0.05, 0.1) is 0 Å². The minimum Gasteiger partial charge on any atom is -1.00 e. The summed E-state index contributed by atoms with van der Waals surface area (Å²) >= 11 is 0.729. The summed E-state index contributed by atoms with van der Waals surface area (Å²) in [5.41, 5.74) is 10.5. The van der Waals surface area contributed by atoms with Gasteiger partial charge in [-0.3, -0.25) is 0 Å². The molecular weight excluding hydrogens is 857 g/mol. The molecule has 0 saturated heterocycles. The van der Waals surface area contributed by atoms with Crippen LogP contribution in [0.1, 0.15) is 97.2 Å². The molecule has 6 rings (SSSR count). The molecule has 0 unspecified atom stereocenters. The molecule has 5 aromatic carbocycles. The SMILES string of the molecule is CC(C)(C)c1[c-]c2c(cc1)-c1ccc(C(C)(C)C)cc1C2.Cc1cc([Si](C)(C)C)c(C)[cH-]1.FC(F)(F)c1cccc([C](=[Zr+2])c2cccc(C(F)(F)F)c2)c1.[Cl-].[Cl-]. The molecule has 0 atom stereocenters. The van der Waals surface area contributed by atoms with Crippen LogP contribution in [0.15, 0.2) is 91.0 Å². The van der Waals surface area contributed by atoms with Gasteiger partial charge in [-0.15, -0.1) is 11.1 Å². The number of hydrogen-bond donors (Lipinski definition) is 0. The van der Waals surface area contributed by atoms with Crippen molar-refractivity contribution in [1.82, 2.24) is 0 Å². The number of halogens is 8. The molecule has 0 N–H and O–H groups in total. The Labute approximate surface area is 358 Å². The molecule has 1 aliphatic carbocycles. The summed E-state index contributed by atoms with van der Waals surface area (Å²) in [6.45, 7) is 25.2. The average Bonchev–Trinajstić information content (AvgIpc) is 3.61. The Bertz CT molecular complexity index is 2000. The molecule has 0 spiro atoms. The van der Waals surface area contributed by atoms with Gasteiger partial charge in [-0.2, -0.15) is 46.1 Å². The van der Waals surface area contributed by atoms with Gasteiger partial charge in [0.25, 0.3) is 0 Å². The van der Waals surface area contributed by atoms with Crippen molar-refractivity contribution in [3.8, 4) is 11.1 Å². The normalized spacial score (nSPS) is 12.5. The van der Waals surface area contributed by atoms with Crippen LogP contribution in [0.2, 0.25) is 19.6 Å². The van der Waals surface area contributed by atoms with E-state index in [1.54, 1.807) is 5.19 Å². The van der Waals surface area contributed by atoms with E-state index in [1.807, 2.05) is 0 Å². The number of rotatable bonds is 3. The zero-order valence-electron chi connectivity index (χ0n) is 33.9. The maximum absolute atomic E-state index is 12.7. The van der Waals surface area contributed by atoms with Gasteiger partial charge in [0.1, 0.15) is 0 Å². The fraction of sp³-hybridized carbons (Fsp3) is 0.348. The first-order valence-corrected chi connectivity index (χ1v) is 22.8. The monoisotopic (exact) mass is 904 g/mol. The van der Waals surface area contributed by atoms with Gasteiger partial charge in [0.15, 0.2) is 0 Å². The number of alkyl halides is 6. The fourth-order valence-corrected chi connectivity index (χ4v) is 9.19. The Balaban J connectivity index is 0.000000300. The fourth-order valence-electron chi connectivity index (χ4n) is 6.51. The van der Waals surface area contributed by atoms with Gasteiger partial charge in [0.2, 0.25) is 0 Å². The van der Waals surface area contributed by atoms with Gasteiger partial charge < -0.3 is 24.8 Å². The second-order valence-corrected chi connectivity index (χ2v) is 23.5. The molecule has 0 heterocycles. The molecule has 0 amide bonds. The van der Waals surface area contributed by atoms with Crippen molar-refractivity contribution < 1.29 is 75.4 Å². The molecule has 0 bridgehead atoms. The Hall–Kier alpha value is -2.64. The van der Waals surface area contributed by atoms with E-state index in [0.717, 1.165) is 54.9 Å². The van der Waals surface area contributed by atoms with E-state index in [1.165, 1.54) is 68.8 Å². The molecule has 1 aliphatic rings. The molecule has 0 nitrogen and oxygen atoms in total. The second-order valence-electron chi connectivity index (χ2n) is 17.2. The van der Waals surface area contributed by atoms with Gasteiger partial charge in [0, 0.05) is 8.07 Å². The van der Waals surface area contributed by atoms with Gasteiger partial charge in [-0.1, -0.05) is 98.8 Å². The van der Waals surface area contributed by atoms with Gasteiger partial charge in [-0.25, -0.2) is 6.07 Å². The number of aryl methyl sites for hydroxylation is 2. The van der Waals surface area contributed by atoms with Crippen LogP contribution < -0.4 is 30.0 Å². The van der Waals surface area contributed by atoms with Crippen LogP contribution in [0.3, 0.4) is 0 Å². The van der Waals surface area contributed by atoms with E-state index in [4.69, 9.17) is 0 Å². The first-order valence-electron chi connectivity index (χ1n) is 18.0. The second kappa shape index (κ2) is 18.5. The molecule has 10 heteroatoms. The van der Waals surface area contributed by atoms with E-state index in [2.05, 4.69) is 124 Å². The van der Waals surface area contributed by atoms with Gasteiger partial charge >= 0.3 is 137 Å². The van der Waals surface area contributed by atoms with E-state index in [0.29, 0.717) is 3.21 Å². The third-order valence-electron chi connectivity index (χ3n) is 9.47. The van der Waals surface area contributed by atoms with Gasteiger partial charge in [-0.05, 0) is 28.4 Å². The Kier molecular flexibility index (Phi) is 16.4. The molecule has 0 saturated carbocycles. The van der Waals surface area contributed by atoms with E-state index in [9.17, 15) is 26.3 Å². The van der Waals surface area contributed by atoms with Crippen molar-refractivity contribution in [2.24, 2.45) is 0 Å². The topological polar surface area (TPSA) is 0 Å². The summed E-state index contributed by atoms with van der Waals surface area (Å²) in [5, 5.41) is 1.62. The largest absolute Gasteiger partial charge is 1.00 e.